The van der Waals surface area contributed by atoms with Crippen LogP contribution < -0.4 is 5.32 Å². The SMILES string of the molecule is O=C(Cc1ccccn1)C1CSCCN1. The van der Waals surface area contributed by atoms with E-state index in [0.29, 0.717) is 6.42 Å². The molecule has 80 valence electrons. The normalized spacial score (nSPS) is 21.2. The minimum absolute atomic E-state index is 0.0192. The predicted octanol–water partition coefficient (Wildman–Crippen LogP) is 0.898. The molecule has 2 heterocycles. The third-order valence-electron chi connectivity index (χ3n) is 2.39. The van der Waals surface area contributed by atoms with Crippen molar-refractivity contribution in [3.05, 3.63) is 30.1 Å². The van der Waals surface area contributed by atoms with Gasteiger partial charge in [0.1, 0.15) is 0 Å². The van der Waals surface area contributed by atoms with Crippen LogP contribution in [0.3, 0.4) is 0 Å². The van der Waals surface area contributed by atoms with Crippen molar-refractivity contribution in [3.8, 4) is 0 Å². The molecule has 1 aliphatic heterocycles. The van der Waals surface area contributed by atoms with Gasteiger partial charge in [0.15, 0.2) is 5.78 Å². The quantitative estimate of drug-likeness (QED) is 0.825. The molecule has 1 atom stereocenters. The zero-order chi connectivity index (χ0) is 10.5. The fourth-order valence-corrected chi connectivity index (χ4v) is 2.54. The first-order valence-corrected chi connectivity index (χ1v) is 6.25. The molecule has 1 aliphatic rings. The molecule has 0 aromatic carbocycles. The third-order valence-corrected chi connectivity index (χ3v) is 3.45. The van der Waals surface area contributed by atoms with Gasteiger partial charge in [-0.3, -0.25) is 9.78 Å². The third kappa shape index (κ3) is 3.04. The van der Waals surface area contributed by atoms with E-state index in [1.54, 1.807) is 6.20 Å². The summed E-state index contributed by atoms with van der Waals surface area (Å²) in [5.41, 5.74) is 0.861. The van der Waals surface area contributed by atoms with E-state index in [-0.39, 0.29) is 11.8 Å². The van der Waals surface area contributed by atoms with Crippen molar-refractivity contribution < 1.29 is 4.79 Å². The van der Waals surface area contributed by atoms with Gasteiger partial charge < -0.3 is 5.32 Å². The Labute approximate surface area is 93.7 Å². The summed E-state index contributed by atoms with van der Waals surface area (Å²) in [4.78, 5) is 16.0. The van der Waals surface area contributed by atoms with Gasteiger partial charge in [-0.2, -0.15) is 11.8 Å². The van der Waals surface area contributed by atoms with Crippen LogP contribution in [0.2, 0.25) is 0 Å². The van der Waals surface area contributed by atoms with Crippen molar-refractivity contribution >= 4 is 17.5 Å². The first-order chi connectivity index (χ1) is 7.36. The summed E-state index contributed by atoms with van der Waals surface area (Å²) in [5.74, 6) is 2.25. The predicted molar refractivity (Wildman–Crippen MR) is 62.1 cm³/mol. The van der Waals surface area contributed by atoms with Crippen molar-refractivity contribution in [2.45, 2.75) is 12.5 Å². The molecule has 1 unspecified atom stereocenters. The second kappa shape index (κ2) is 5.28. The van der Waals surface area contributed by atoms with Crippen molar-refractivity contribution in [1.82, 2.24) is 10.3 Å². The number of aromatic nitrogens is 1. The molecule has 1 saturated heterocycles. The van der Waals surface area contributed by atoms with Gasteiger partial charge in [-0.05, 0) is 12.1 Å². The van der Waals surface area contributed by atoms with Crippen LogP contribution in [-0.4, -0.2) is 34.9 Å². The highest BCUT2D eigenvalue weighted by molar-refractivity contribution is 7.99. The minimum Gasteiger partial charge on any atom is -0.306 e. The molecule has 0 spiro atoms. The van der Waals surface area contributed by atoms with Gasteiger partial charge in [-0.1, -0.05) is 6.07 Å². The van der Waals surface area contributed by atoms with Gasteiger partial charge in [0.25, 0.3) is 0 Å². The average molecular weight is 222 g/mol. The summed E-state index contributed by atoms with van der Waals surface area (Å²) < 4.78 is 0. The van der Waals surface area contributed by atoms with E-state index in [1.165, 1.54) is 0 Å². The van der Waals surface area contributed by atoms with Crippen LogP contribution in [0.5, 0.6) is 0 Å². The number of nitrogens with zero attached hydrogens (tertiary/aromatic N) is 1. The number of pyridine rings is 1. The highest BCUT2D eigenvalue weighted by atomic mass is 32.2. The summed E-state index contributed by atoms with van der Waals surface area (Å²) in [6.45, 7) is 0.934. The monoisotopic (exact) mass is 222 g/mol. The second-order valence-electron chi connectivity index (χ2n) is 3.55. The lowest BCUT2D eigenvalue weighted by Crippen LogP contribution is -2.44. The Bertz CT molecular complexity index is 323. The van der Waals surface area contributed by atoms with E-state index in [2.05, 4.69) is 10.3 Å². The topological polar surface area (TPSA) is 42.0 Å². The maximum atomic E-state index is 11.9. The molecule has 1 N–H and O–H groups in total. The molecule has 1 fully saturated rings. The maximum Gasteiger partial charge on any atom is 0.156 e. The first-order valence-electron chi connectivity index (χ1n) is 5.10. The number of rotatable bonds is 3. The van der Waals surface area contributed by atoms with Gasteiger partial charge >= 0.3 is 0 Å². The van der Waals surface area contributed by atoms with Gasteiger partial charge in [0.2, 0.25) is 0 Å². The first kappa shape index (κ1) is 10.6. The van der Waals surface area contributed by atoms with E-state index in [9.17, 15) is 4.79 Å². The lowest BCUT2D eigenvalue weighted by atomic mass is 10.1. The summed E-state index contributed by atoms with van der Waals surface area (Å²) >= 11 is 1.84. The number of Topliss-reactive ketones (excluding diaryl/α,β-unsaturated/α-hetero) is 1. The van der Waals surface area contributed by atoms with Gasteiger partial charge in [0, 0.05) is 29.9 Å². The highest BCUT2D eigenvalue weighted by Gasteiger charge is 2.20. The Morgan fingerprint density at radius 3 is 3.20 bits per heavy atom. The zero-order valence-corrected chi connectivity index (χ0v) is 9.30. The summed E-state index contributed by atoms with van der Waals surface area (Å²) in [6, 6.07) is 5.70. The van der Waals surface area contributed by atoms with E-state index in [0.717, 1.165) is 23.7 Å². The van der Waals surface area contributed by atoms with Gasteiger partial charge in [-0.15, -0.1) is 0 Å². The smallest absolute Gasteiger partial charge is 0.156 e. The molecule has 3 nitrogen and oxygen atoms in total. The summed E-state index contributed by atoms with van der Waals surface area (Å²) in [5, 5.41) is 3.24. The standard InChI is InChI=1S/C11H14N2OS/c14-11(10-8-15-6-5-13-10)7-9-3-1-2-4-12-9/h1-4,10,13H,5-8H2. The highest BCUT2D eigenvalue weighted by Crippen LogP contribution is 2.10. The molecule has 15 heavy (non-hydrogen) atoms. The van der Waals surface area contributed by atoms with Crippen LogP contribution in [-0.2, 0) is 11.2 Å². The second-order valence-corrected chi connectivity index (χ2v) is 4.70. The summed E-state index contributed by atoms with van der Waals surface area (Å²) in [6.07, 6.45) is 2.17. The number of carbonyl (C=O) groups is 1. The molecule has 0 radical (unpaired) electrons. The fraction of sp³-hybridized carbons (Fsp3) is 0.455. The van der Waals surface area contributed by atoms with Crippen molar-refractivity contribution in [2.24, 2.45) is 0 Å². The number of thioether (sulfide) groups is 1. The van der Waals surface area contributed by atoms with Gasteiger partial charge in [0.05, 0.1) is 12.5 Å². The number of carbonyl (C=O) groups excluding carboxylic acids is 1. The zero-order valence-electron chi connectivity index (χ0n) is 8.48. The largest absolute Gasteiger partial charge is 0.306 e. The van der Waals surface area contributed by atoms with E-state index in [1.807, 2.05) is 30.0 Å². The number of hydrogen-bond donors (Lipinski definition) is 1. The number of ketones is 1. The molecule has 2 rings (SSSR count). The molecular formula is C11H14N2OS. The molecular weight excluding hydrogens is 208 g/mol. The number of nitrogens with one attached hydrogen (secondary N) is 1. The average Bonchev–Trinajstić information content (AvgIpc) is 2.31. The van der Waals surface area contributed by atoms with Crippen molar-refractivity contribution in [2.75, 3.05) is 18.1 Å². The van der Waals surface area contributed by atoms with Crippen molar-refractivity contribution in [3.63, 3.8) is 0 Å². The lowest BCUT2D eigenvalue weighted by molar-refractivity contribution is -0.120. The van der Waals surface area contributed by atoms with E-state index < -0.39 is 0 Å². The molecule has 4 heteroatoms. The Balaban J connectivity index is 1.91. The Hall–Kier alpha value is -0.870. The van der Waals surface area contributed by atoms with Gasteiger partial charge in [-0.25, -0.2) is 0 Å². The molecule has 0 aliphatic carbocycles. The Morgan fingerprint density at radius 1 is 1.60 bits per heavy atom. The van der Waals surface area contributed by atoms with Crippen LogP contribution >= 0.6 is 11.8 Å². The number of hydrogen-bond acceptors (Lipinski definition) is 4. The molecule has 0 amide bonds. The molecule has 0 saturated carbocycles. The van der Waals surface area contributed by atoms with Crippen LogP contribution in [0.4, 0.5) is 0 Å². The maximum absolute atomic E-state index is 11.9. The molecule has 1 aromatic heterocycles. The van der Waals surface area contributed by atoms with Crippen LogP contribution in [0, 0.1) is 0 Å². The minimum atomic E-state index is 0.0192. The summed E-state index contributed by atoms with van der Waals surface area (Å²) in [7, 11) is 0. The van der Waals surface area contributed by atoms with Crippen LogP contribution in [0.15, 0.2) is 24.4 Å². The van der Waals surface area contributed by atoms with E-state index >= 15 is 0 Å². The molecule has 1 aromatic rings. The van der Waals surface area contributed by atoms with Crippen LogP contribution in [0.25, 0.3) is 0 Å². The van der Waals surface area contributed by atoms with Crippen molar-refractivity contribution in [1.29, 1.82) is 0 Å². The van der Waals surface area contributed by atoms with E-state index in [4.69, 9.17) is 0 Å². The lowest BCUT2D eigenvalue weighted by Gasteiger charge is -2.21. The van der Waals surface area contributed by atoms with Crippen LogP contribution in [0.1, 0.15) is 5.69 Å². The Kier molecular flexibility index (Phi) is 3.75. The molecule has 0 bridgehead atoms. The Morgan fingerprint density at radius 2 is 2.53 bits per heavy atom. The fourth-order valence-electron chi connectivity index (χ4n) is 1.58.